The SMILES string of the molecule is CC1CCCN(C(c2cccs2)c2sc3ncnn3c2O)C1. The second-order valence-corrected chi connectivity index (χ2v) is 7.89. The highest BCUT2D eigenvalue weighted by atomic mass is 32.1. The summed E-state index contributed by atoms with van der Waals surface area (Å²) >= 11 is 3.28. The van der Waals surface area contributed by atoms with E-state index in [1.807, 2.05) is 0 Å². The minimum Gasteiger partial charge on any atom is -0.492 e. The normalized spacial score (nSPS) is 21.4. The van der Waals surface area contributed by atoms with Gasteiger partial charge in [0.1, 0.15) is 6.33 Å². The number of fused-ring (bicyclic) bond motifs is 1. The van der Waals surface area contributed by atoms with Gasteiger partial charge >= 0.3 is 0 Å². The van der Waals surface area contributed by atoms with Gasteiger partial charge in [-0.1, -0.05) is 24.3 Å². The van der Waals surface area contributed by atoms with Crippen LogP contribution in [-0.4, -0.2) is 37.7 Å². The molecule has 1 N–H and O–H groups in total. The Labute approximate surface area is 136 Å². The third kappa shape index (κ3) is 2.33. The van der Waals surface area contributed by atoms with E-state index in [2.05, 4.69) is 39.4 Å². The van der Waals surface area contributed by atoms with Gasteiger partial charge in [0.05, 0.1) is 10.9 Å². The first-order valence-corrected chi connectivity index (χ1v) is 9.22. The van der Waals surface area contributed by atoms with Crippen molar-refractivity contribution >= 4 is 27.6 Å². The van der Waals surface area contributed by atoms with Gasteiger partial charge in [-0.3, -0.25) is 4.90 Å². The van der Waals surface area contributed by atoms with Crippen LogP contribution in [0.2, 0.25) is 0 Å². The number of likely N-dealkylation sites (tertiary alicyclic amines) is 1. The van der Waals surface area contributed by atoms with E-state index >= 15 is 0 Å². The topological polar surface area (TPSA) is 53.7 Å². The molecule has 0 saturated carbocycles. The van der Waals surface area contributed by atoms with Crippen molar-refractivity contribution in [1.82, 2.24) is 19.5 Å². The number of thiazole rings is 1. The lowest BCUT2D eigenvalue weighted by Crippen LogP contribution is -2.37. The third-order valence-corrected chi connectivity index (χ3v) is 6.26. The van der Waals surface area contributed by atoms with E-state index in [0.29, 0.717) is 5.92 Å². The Morgan fingerprint density at radius 2 is 2.36 bits per heavy atom. The van der Waals surface area contributed by atoms with Crippen LogP contribution in [0.15, 0.2) is 23.8 Å². The maximum atomic E-state index is 10.6. The molecule has 7 heteroatoms. The van der Waals surface area contributed by atoms with E-state index in [0.717, 1.165) is 22.9 Å². The molecule has 5 nitrogen and oxygen atoms in total. The van der Waals surface area contributed by atoms with Gasteiger partial charge in [-0.25, -0.2) is 4.98 Å². The minimum atomic E-state index is 0.108. The van der Waals surface area contributed by atoms with Gasteiger partial charge in [0, 0.05) is 11.4 Å². The molecule has 4 heterocycles. The zero-order chi connectivity index (χ0) is 15.1. The Morgan fingerprint density at radius 3 is 3.09 bits per heavy atom. The second kappa shape index (κ2) is 5.64. The van der Waals surface area contributed by atoms with Crippen LogP contribution in [0.1, 0.15) is 35.6 Å². The summed E-state index contributed by atoms with van der Waals surface area (Å²) in [6.45, 7) is 4.44. The molecule has 0 amide bonds. The number of aromatic hydroxyl groups is 1. The minimum absolute atomic E-state index is 0.108. The molecule has 0 bridgehead atoms. The summed E-state index contributed by atoms with van der Waals surface area (Å²) in [5.41, 5.74) is 0. The number of piperidine rings is 1. The predicted molar refractivity (Wildman–Crippen MR) is 88.7 cm³/mol. The van der Waals surface area contributed by atoms with E-state index < -0.39 is 0 Å². The molecule has 3 aromatic rings. The van der Waals surface area contributed by atoms with Crippen LogP contribution in [0.4, 0.5) is 0 Å². The lowest BCUT2D eigenvalue weighted by molar-refractivity contribution is 0.150. The lowest BCUT2D eigenvalue weighted by atomic mass is 9.98. The first-order valence-electron chi connectivity index (χ1n) is 7.53. The standard InChI is InChI=1S/C15H18N4OS2/c1-10-4-2-6-18(8-10)12(11-5-3-7-21-11)13-14(20)19-15(22-13)16-9-17-19/h3,5,7,9-10,12,20H,2,4,6,8H2,1H3. The quantitative estimate of drug-likeness (QED) is 0.798. The Balaban J connectivity index is 1.79. The molecule has 0 radical (unpaired) electrons. The molecule has 0 spiro atoms. The van der Waals surface area contributed by atoms with Crippen molar-refractivity contribution in [3.63, 3.8) is 0 Å². The number of hydrogen-bond donors (Lipinski definition) is 1. The molecular formula is C15H18N4OS2. The zero-order valence-corrected chi connectivity index (χ0v) is 14.0. The third-order valence-electron chi connectivity index (χ3n) is 4.25. The fraction of sp³-hybridized carbons (Fsp3) is 0.467. The zero-order valence-electron chi connectivity index (χ0n) is 12.3. The highest BCUT2D eigenvalue weighted by molar-refractivity contribution is 7.17. The first-order chi connectivity index (χ1) is 10.7. The molecule has 22 heavy (non-hydrogen) atoms. The molecule has 1 saturated heterocycles. The van der Waals surface area contributed by atoms with E-state index in [1.165, 1.54) is 39.9 Å². The highest BCUT2D eigenvalue weighted by Gasteiger charge is 2.32. The number of thiophene rings is 1. The van der Waals surface area contributed by atoms with Crippen LogP contribution < -0.4 is 0 Å². The van der Waals surface area contributed by atoms with Gasteiger partial charge in [0.25, 0.3) is 0 Å². The fourth-order valence-electron chi connectivity index (χ4n) is 3.25. The van der Waals surface area contributed by atoms with Gasteiger partial charge < -0.3 is 5.11 Å². The largest absolute Gasteiger partial charge is 0.492 e. The van der Waals surface area contributed by atoms with E-state index in [1.54, 1.807) is 11.3 Å². The van der Waals surface area contributed by atoms with Crippen molar-refractivity contribution in [2.45, 2.75) is 25.8 Å². The van der Waals surface area contributed by atoms with Crippen molar-refractivity contribution in [3.05, 3.63) is 33.6 Å². The number of aromatic nitrogens is 3. The van der Waals surface area contributed by atoms with Gasteiger partial charge in [-0.15, -0.1) is 11.3 Å². The summed E-state index contributed by atoms with van der Waals surface area (Å²) in [7, 11) is 0. The average molecular weight is 334 g/mol. The monoisotopic (exact) mass is 334 g/mol. The Hall–Kier alpha value is -1.44. The summed E-state index contributed by atoms with van der Waals surface area (Å²) in [4.78, 5) is 9.68. The van der Waals surface area contributed by atoms with Crippen LogP contribution in [0.5, 0.6) is 5.88 Å². The Kier molecular flexibility index (Phi) is 3.63. The highest BCUT2D eigenvalue weighted by Crippen LogP contribution is 2.42. The molecule has 0 aliphatic carbocycles. The Morgan fingerprint density at radius 1 is 1.45 bits per heavy atom. The van der Waals surface area contributed by atoms with Crippen molar-refractivity contribution in [3.8, 4) is 5.88 Å². The fourth-order valence-corrected chi connectivity index (χ4v) is 5.28. The molecule has 1 aliphatic rings. The second-order valence-electron chi connectivity index (χ2n) is 5.90. The average Bonchev–Trinajstić information content (AvgIpc) is 3.21. The van der Waals surface area contributed by atoms with Crippen molar-refractivity contribution < 1.29 is 5.11 Å². The molecule has 3 aromatic heterocycles. The lowest BCUT2D eigenvalue weighted by Gasteiger charge is -2.36. The molecule has 1 fully saturated rings. The predicted octanol–water partition coefficient (Wildman–Crippen LogP) is 3.38. The van der Waals surface area contributed by atoms with Crippen molar-refractivity contribution in [1.29, 1.82) is 0 Å². The van der Waals surface area contributed by atoms with Crippen molar-refractivity contribution in [2.75, 3.05) is 13.1 Å². The maximum absolute atomic E-state index is 10.6. The summed E-state index contributed by atoms with van der Waals surface area (Å²) in [5.74, 6) is 0.926. The van der Waals surface area contributed by atoms with Crippen LogP contribution in [0.25, 0.3) is 4.96 Å². The van der Waals surface area contributed by atoms with E-state index in [9.17, 15) is 5.11 Å². The van der Waals surface area contributed by atoms with Crippen LogP contribution in [0.3, 0.4) is 0 Å². The first kappa shape index (κ1) is 14.2. The number of nitrogens with zero attached hydrogens (tertiary/aromatic N) is 4. The maximum Gasteiger partial charge on any atom is 0.230 e. The summed E-state index contributed by atoms with van der Waals surface area (Å²) in [6, 6.07) is 4.34. The van der Waals surface area contributed by atoms with Crippen LogP contribution in [-0.2, 0) is 0 Å². The summed E-state index contributed by atoms with van der Waals surface area (Å²) in [6.07, 6.45) is 3.98. The van der Waals surface area contributed by atoms with Gasteiger partial charge in [0.15, 0.2) is 0 Å². The number of rotatable bonds is 3. The molecule has 116 valence electrons. The van der Waals surface area contributed by atoms with E-state index in [4.69, 9.17) is 0 Å². The van der Waals surface area contributed by atoms with Gasteiger partial charge in [-0.2, -0.15) is 9.61 Å². The molecule has 0 aromatic carbocycles. The molecule has 2 atom stereocenters. The van der Waals surface area contributed by atoms with Crippen molar-refractivity contribution in [2.24, 2.45) is 5.92 Å². The number of hydrogen-bond acceptors (Lipinski definition) is 6. The summed E-state index contributed by atoms with van der Waals surface area (Å²) < 4.78 is 1.54. The Bertz CT molecular complexity index is 764. The summed E-state index contributed by atoms with van der Waals surface area (Å²) in [5, 5.41) is 16.8. The van der Waals surface area contributed by atoms with Crippen LogP contribution in [0, 0.1) is 5.92 Å². The molecule has 2 unspecified atom stereocenters. The van der Waals surface area contributed by atoms with Gasteiger partial charge in [-0.05, 0) is 36.8 Å². The smallest absolute Gasteiger partial charge is 0.230 e. The molecular weight excluding hydrogens is 316 g/mol. The van der Waals surface area contributed by atoms with Crippen LogP contribution >= 0.6 is 22.7 Å². The van der Waals surface area contributed by atoms with E-state index in [-0.39, 0.29) is 11.9 Å². The molecule has 1 aliphatic heterocycles. The molecule has 4 rings (SSSR count). The van der Waals surface area contributed by atoms with Gasteiger partial charge in [0.2, 0.25) is 10.8 Å².